The third kappa shape index (κ3) is 4.20. The van der Waals surface area contributed by atoms with E-state index in [4.69, 9.17) is 4.42 Å². The maximum Gasteiger partial charge on any atom is 0.137 e. The van der Waals surface area contributed by atoms with Gasteiger partial charge in [-0.2, -0.15) is 0 Å². The van der Waals surface area contributed by atoms with Gasteiger partial charge in [0.15, 0.2) is 0 Å². The fraction of sp³-hybridized carbons (Fsp3) is 0. The minimum atomic E-state index is 0.881. The highest BCUT2D eigenvalue weighted by atomic mass is 16.3. The van der Waals surface area contributed by atoms with Gasteiger partial charge in [0, 0.05) is 33.9 Å². The molecule has 0 bridgehead atoms. The SMILES string of the molecule is c1ccc(N(c2ccc(-c3cccc4c3ccc3c5ccccc5ccc43)cc2)c2ccc3c(c2)oc2cc4ccccc4cc23)cc1. The quantitative estimate of drug-likeness (QED) is 0.184. The van der Waals surface area contributed by atoms with Gasteiger partial charge >= 0.3 is 0 Å². The number of nitrogens with zero attached hydrogens (tertiary/aromatic N) is 1. The van der Waals surface area contributed by atoms with Crippen molar-refractivity contribution in [2.75, 3.05) is 4.90 Å². The Labute approximate surface area is 277 Å². The highest BCUT2D eigenvalue weighted by molar-refractivity contribution is 6.19. The van der Waals surface area contributed by atoms with Crippen LogP contribution in [0.25, 0.3) is 76.2 Å². The minimum Gasteiger partial charge on any atom is -0.456 e. The summed E-state index contributed by atoms with van der Waals surface area (Å²) in [6, 6.07) is 63.3. The summed E-state index contributed by atoms with van der Waals surface area (Å²) in [5.74, 6) is 0. The van der Waals surface area contributed by atoms with Crippen LogP contribution in [0, 0.1) is 0 Å². The Morgan fingerprint density at radius 3 is 1.75 bits per heavy atom. The largest absolute Gasteiger partial charge is 0.456 e. The molecule has 10 aromatic rings. The normalized spacial score (nSPS) is 11.8. The van der Waals surface area contributed by atoms with E-state index >= 15 is 0 Å². The van der Waals surface area contributed by atoms with Crippen LogP contribution in [0.2, 0.25) is 0 Å². The molecule has 1 aromatic heterocycles. The van der Waals surface area contributed by atoms with E-state index in [2.05, 4.69) is 181 Å². The Hall–Kier alpha value is -6.38. The molecule has 2 nitrogen and oxygen atoms in total. The second-order valence-corrected chi connectivity index (χ2v) is 12.5. The van der Waals surface area contributed by atoms with Crippen LogP contribution in [0.15, 0.2) is 180 Å². The molecule has 0 amide bonds. The van der Waals surface area contributed by atoms with Crippen LogP contribution < -0.4 is 4.90 Å². The van der Waals surface area contributed by atoms with Gasteiger partial charge in [-0.05, 0) is 103 Å². The van der Waals surface area contributed by atoms with E-state index in [9.17, 15) is 0 Å². The van der Waals surface area contributed by atoms with Crippen LogP contribution >= 0.6 is 0 Å². The lowest BCUT2D eigenvalue weighted by Crippen LogP contribution is -2.09. The Balaban J connectivity index is 1.08. The van der Waals surface area contributed by atoms with E-state index in [1.165, 1.54) is 54.2 Å². The molecule has 0 aliphatic rings. The van der Waals surface area contributed by atoms with Crippen LogP contribution in [0.1, 0.15) is 0 Å². The lowest BCUT2D eigenvalue weighted by Gasteiger charge is -2.25. The van der Waals surface area contributed by atoms with Crippen LogP contribution in [0.4, 0.5) is 17.1 Å². The van der Waals surface area contributed by atoms with E-state index in [0.717, 1.165) is 39.0 Å². The molecule has 0 N–H and O–H groups in total. The van der Waals surface area contributed by atoms with Gasteiger partial charge in [0.1, 0.15) is 11.2 Å². The van der Waals surface area contributed by atoms with Crippen molar-refractivity contribution in [2.24, 2.45) is 0 Å². The maximum absolute atomic E-state index is 6.47. The Kier molecular flexibility index (Phi) is 5.91. The summed E-state index contributed by atoms with van der Waals surface area (Å²) >= 11 is 0. The second-order valence-electron chi connectivity index (χ2n) is 12.5. The predicted molar refractivity (Wildman–Crippen MR) is 204 cm³/mol. The van der Waals surface area contributed by atoms with Gasteiger partial charge in [-0.1, -0.05) is 121 Å². The maximum atomic E-state index is 6.47. The van der Waals surface area contributed by atoms with Crippen molar-refractivity contribution in [3.05, 3.63) is 176 Å². The number of para-hydroxylation sites is 1. The molecule has 10 rings (SSSR count). The van der Waals surface area contributed by atoms with Gasteiger partial charge in [-0.15, -0.1) is 0 Å². The smallest absolute Gasteiger partial charge is 0.137 e. The Bertz CT molecular complexity index is 2830. The summed E-state index contributed by atoms with van der Waals surface area (Å²) in [6.07, 6.45) is 0. The minimum absolute atomic E-state index is 0.881. The number of hydrogen-bond acceptors (Lipinski definition) is 2. The predicted octanol–water partition coefficient (Wildman–Crippen LogP) is 13.3. The van der Waals surface area contributed by atoms with Crippen LogP contribution in [0.3, 0.4) is 0 Å². The van der Waals surface area contributed by atoms with Gasteiger partial charge < -0.3 is 9.32 Å². The monoisotopic (exact) mass is 611 g/mol. The van der Waals surface area contributed by atoms with Crippen molar-refractivity contribution >= 4 is 82.1 Å². The summed E-state index contributed by atoms with van der Waals surface area (Å²) in [4.78, 5) is 2.30. The summed E-state index contributed by atoms with van der Waals surface area (Å²) < 4.78 is 6.47. The average Bonchev–Trinajstić information content (AvgIpc) is 3.50. The van der Waals surface area contributed by atoms with Crippen molar-refractivity contribution in [1.82, 2.24) is 0 Å². The second kappa shape index (κ2) is 10.6. The van der Waals surface area contributed by atoms with Gasteiger partial charge in [0.05, 0.1) is 0 Å². The van der Waals surface area contributed by atoms with E-state index in [0.29, 0.717) is 0 Å². The number of rotatable bonds is 4. The molecule has 0 radical (unpaired) electrons. The standard InChI is InChI=1S/C46H29NO/c1-2-12-34(13-3-1)47(36-22-24-43-44-27-32-10-4-5-11-33(32)28-45(44)48-46(43)29-36)35-20-17-31(18-21-35)38-15-8-16-39-40(38)25-26-41-37-14-7-6-9-30(37)19-23-42(39)41/h1-29H. The van der Waals surface area contributed by atoms with E-state index in [-0.39, 0.29) is 0 Å². The number of anilines is 3. The lowest BCUT2D eigenvalue weighted by molar-refractivity contribution is 0.669. The molecule has 0 unspecified atom stereocenters. The summed E-state index contributed by atoms with van der Waals surface area (Å²) in [7, 11) is 0. The van der Waals surface area contributed by atoms with Crippen molar-refractivity contribution in [3.63, 3.8) is 0 Å². The molecule has 48 heavy (non-hydrogen) atoms. The fourth-order valence-electron chi connectivity index (χ4n) is 7.51. The third-order valence-corrected chi connectivity index (χ3v) is 9.82. The van der Waals surface area contributed by atoms with Gasteiger partial charge in [0.2, 0.25) is 0 Å². The fourth-order valence-corrected chi connectivity index (χ4v) is 7.51. The van der Waals surface area contributed by atoms with Crippen molar-refractivity contribution in [3.8, 4) is 11.1 Å². The van der Waals surface area contributed by atoms with Crippen LogP contribution in [-0.4, -0.2) is 0 Å². The summed E-state index contributed by atoms with van der Waals surface area (Å²) in [6.45, 7) is 0. The average molecular weight is 612 g/mol. The van der Waals surface area contributed by atoms with Crippen molar-refractivity contribution in [1.29, 1.82) is 0 Å². The van der Waals surface area contributed by atoms with Crippen molar-refractivity contribution < 1.29 is 4.42 Å². The first-order valence-electron chi connectivity index (χ1n) is 16.4. The van der Waals surface area contributed by atoms with E-state index in [1.54, 1.807) is 0 Å². The molecule has 0 saturated heterocycles. The van der Waals surface area contributed by atoms with Gasteiger partial charge in [0.25, 0.3) is 0 Å². The third-order valence-electron chi connectivity index (χ3n) is 9.82. The topological polar surface area (TPSA) is 16.4 Å². The number of fused-ring (bicyclic) bond motifs is 9. The molecule has 0 aliphatic carbocycles. The molecule has 0 spiro atoms. The number of hydrogen-bond donors (Lipinski definition) is 0. The molecular formula is C46H29NO. The molecule has 224 valence electrons. The molecule has 1 heterocycles. The summed E-state index contributed by atoms with van der Waals surface area (Å²) in [5.41, 5.74) is 7.44. The Morgan fingerprint density at radius 1 is 0.312 bits per heavy atom. The molecule has 9 aromatic carbocycles. The number of furan rings is 1. The molecular weight excluding hydrogens is 583 g/mol. The lowest BCUT2D eigenvalue weighted by atomic mass is 9.92. The zero-order valence-corrected chi connectivity index (χ0v) is 26.1. The molecule has 0 saturated carbocycles. The number of benzene rings is 9. The van der Waals surface area contributed by atoms with Gasteiger partial charge in [-0.3, -0.25) is 0 Å². The zero-order chi connectivity index (χ0) is 31.6. The molecule has 0 aliphatic heterocycles. The molecule has 0 fully saturated rings. The van der Waals surface area contributed by atoms with Crippen LogP contribution in [-0.2, 0) is 0 Å². The molecule has 2 heteroatoms. The highest BCUT2D eigenvalue weighted by Crippen LogP contribution is 2.41. The highest BCUT2D eigenvalue weighted by Gasteiger charge is 2.17. The van der Waals surface area contributed by atoms with E-state index in [1.807, 2.05) is 0 Å². The first-order chi connectivity index (χ1) is 23.8. The van der Waals surface area contributed by atoms with Gasteiger partial charge in [-0.25, -0.2) is 0 Å². The first kappa shape index (κ1) is 26.8. The van der Waals surface area contributed by atoms with Crippen LogP contribution in [0.5, 0.6) is 0 Å². The Morgan fingerprint density at radius 2 is 0.896 bits per heavy atom. The van der Waals surface area contributed by atoms with Crippen molar-refractivity contribution in [2.45, 2.75) is 0 Å². The first-order valence-corrected chi connectivity index (χ1v) is 16.4. The zero-order valence-electron chi connectivity index (χ0n) is 26.1. The molecule has 0 atom stereocenters. The summed E-state index contributed by atoms with van der Waals surface area (Å²) in [5, 5.41) is 12.3. The van der Waals surface area contributed by atoms with E-state index < -0.39 is 0 Å².